The first-order valence-electron chi connectivity index (χ1n) is 26.1. The number of fused-ring (bicyclic) bond motifs is 12. The average molecular weight is 949 g/mol. The van der Waals surface area contributed by atoms with E-state index in [2.05, 4.69) is 281 Å². The summed E-state index contributed by atoms with van der Waals surface area (Å²) in [6, 6.07) is 77.2. The Bertz CT molecular complexity index is 4350. The van der Waals surface area contributed by atoms with E-state index in [4.69, 9.17) is 0 Å². The van der Waals surface area contributed by atoms with E-state index in [-0.39, 0.29) is 10.8 Å². The standard InChI is InChI=1S/C72H56N2/c1-45-36-46(2)38-54(37-45)74-68-19-13-11-17-60(68)62-40-48(27-35-70(62)74)21-23-50-25-31-56-58-33-29-52(44-66(58)72(5,6)64(56)42-50)51-28-32-57-55-30-24-49(41-63(55)71(3,4)65(57)43-51)22-20-47-26-34-69-61(39-47)59-16-10-12-18-67(59)73(69)53-14-8-7-9-15-53/h7-44H,1-6H3/b22-20+,23-21+. The Morgan fingerprint density at radius 1 is 0.297 bits per heavy atom. The van der Waals surface area contributed by atoms with E-state index in [1.165, 1.54) is 144 Å². The molecule has 0 unspecified atom stereocenters. The third-order valence-corrected chi connectivity index (χ3v) is 16.5. The van der Waals surface area contributed by atoms with Crippen molar-refractivity contribution in [2.24, 2.45) is 0 Å². The fourth-order valence-corrected chi connectivity index (χ4v) is 12.9. The fraction of sp³-hybridized carbons (Fsp3) is 0.111. The van der Waals surface area contributed by atoms with E-state index in [0.717, 1.165) is 0 Å². The predicted octanol–water partition coefficient (Wildman–Crippen LogP) is 19.1. The van der Waals surface area contributed by atoms with Gasteiger partial charge in [-0.15, -0.1) is 0 Å². The molecule has 2 aliphatic rings. The van der Waals surface area contributed by atoms with Gasteiger partial charge >= 0.3 is 0 Å². The Morgan fingerprint density at radius 2 is 0.662 bits per heavy atom. The van der Waals surface area contributed by atoms with Crippen LogP contribution < -0.4 is 0 Å². The van der Waals surface area contributed by atoms with Crippen LogP contribution in [0.5, 0.6) is 0 Å². The second-order valence-electron chi connectivity index (χ2n) is 22.0. The van der Waals surface area contributed by atoms with Crippen LogP contribution in [0.1, 0.15) is 83.3 Å². The minimum atomic E-state index is -0.150. The third-order valence-electron chi connectivity index (χ3n) is 16.5. The van der Waals surface area contributed by atoms with Gasteiger partial charge in [-0.1, -0.05) is 185 Å². The molecule has 0 saturated heterocycles. The van der Waals surface area contributed by atoms with Gasteiger partial charge in [-0.3, -0.25) is 0 Å². The highest BCUT2D eigenvalue weighted by atomic mass is 15.0. The summed E-state index contributed by atoms with van der Waals surface area (Å²) >= 11 is 0. The zero-order valence-electron chi connectivity index (χ0n) is 42.8. The molecule has 12 aromatic rings. The number of aryl methyl sites for hydroxylation is 2. The highest BCUT2D eigenvalue weighted by Gasteiger charge is 2.38. The van der Waals surface area contributed by atoms with Gasteiger partial charge in [-0.2, -0.15) is 0 Å². The summed E-state index contributed by atoms with van der Waals surface area (Å²) in [5, 5.41) is 5.08. The summed E-state index contributed by atoms with van der Waals surface area (Å²) in [6.07, 6.45) is 9.10. The topological polar surface area (TPSA) is 9.86 Å². The zero-order chi connectivity index (χ0) is 50.0. The number of para-hydroxylation sites is 3. The molecule has 2 nitrogen and oxygen atoms in total. The summed E-state index contributed by atoms with van der Waals surface area (Å²) < 4.78 is 4.79. The maximum absolute atomic E-state index is 2.46. The lowest BCUT2D eigenvalue weighted by atomic mass is 9.80. The Balaban J connectivity index is 0.726. The van der Waals surface area contributed by atoms with Crippen molar-refractivity contribution in [1.29, 1.82) is 0 Å². The van der Waals surface area contributed by atoms with Crippen LogP contribution in [0, 0.1) is 13.8 Å². The lowest BCUT2D eigenvalue weighted by molar-refractivity contribution is 0.659. The van der Waals surface area contributed by atoms with Crippen molar-refractivity contribution in [3.8, 4) is 44.8 Å². The molecule has 2 aliphatic carbocycles. The van der Waals surface area contributed by atoms with Crippen molar-refractivity contribution in [1.82, 2.24) is 9.13 Å². The highest BCUT2D eigenvalue weighted by molar-refractivity contribution is 6.11. The molecule has 0 aliphatic heterocycles. The second-order valence-corrected chi connectivity index (χ2v) is 22.0. The number of nitrogens with zero attached hydrogens (tertiary/aromatic N) is 2. The molecule has 0 N–H and O–H groups in total. The SMILES string of the molecule is Cc1cc(C)cc(-n2c3ccccc3c3cc(/C=C/c4ccc5c(c4)C(C)(C)c4cc(-c6ccc7c(c6)C(C)(C)c6cc(/C=C/c8ccc9c(c8)c8ccccc8n9-c8ccccc8)ccc6-7)ccc4-5)ccc32)c1. The Labute approximate surface area is 433 Å². The number of hydrogen-bond donors (Lipinski definition) is 0. The van der Waals surface area contributed by atoms with Gasteiger partial charge in [0.1, 0.15) is 0 Å². The van der Waals surface area contributed by atoms with Crippen LogP contribution in [0.3, 0.4) is 0 Å². The van der Waals surface area contributed by atoms with Crippen LogP contribution in [0.25, 0.3) is 113 Å². The third kappa shape index (κ3) is 6.85. The van der Waals surface area contributed by atoms with Gasteiger partial charge in [-0.05, 0) is 176 Å². The average Bonchev–Trinajstić information content (AvgIpc) is 4.07. The first-order chi connectivity index (χ1) is 36.0. The van der Waals surface area contributed by atoms with Crippen molar-refractivity contribution in [3.63, 3.8) is 0 Å². The quantitative estimate of drug-likeness (QED) is 0.141. The van der Waals surface area contributed by atoms with Gasteiger partial charge in [0.25, 0.3) is 0 Å². The second kappa shape index (κ2) is 16.4. The van der Waals surface area contributed by atoms with Crippen LogP contribution in [0.2, 0.25) is 0 Å². The Kier molecular flexibility index (Phi) is 9.76. The monoisotopic (exact) mass is 948 g/mol. The molecule has 2 heterocycles. The lowest BCUT2D eigenvalue weighted by Gasteiger charge is -2.23. The molecule has 354 valence electrons. The largest absolute Gasteiger partial charge is 0.309 e. The molecular weight excluding hydrogens is 893 g/mol. The van der Waals surface area contributed by atoms with Crippen molar-refractivity contribution < 1.29 is 0 Å². The number of aromatic nitrogens is 2. The fourth-order valence-electron chi connectivity index (χ4n) is 12.9. The Morgan fingerprint density at radius 3 is 1.14 bits per heavy atom. The van der Waals surface area contributed by atoms with Crippen molar-refractivity contribution >= 4 is 67.9 Å². The van der Waals surface area contributed by atoms with Crippen molar-refractivity contribution in [2.45, 2.75) is 52.4 Å². The van der Waals surface area contributed by atoms with Crippen molar-refractivity contribution in [2.75, 3.05) is 0 Å². The molecule has 0 radical (unpaired) electrons. The molecular formula is C72H56N2. The van der Waals surface area contributed by atoms with Gasteiger partial charge in [0.15, 0.2) is 0 Å². The first kappa shape index (κ1) is 44.0. The maximum atomic E-state index is 2.46. The Hall–Kier alpha value is -8.72. The molecule has 2 aromatic heterocycles. The summed E-state index contributed by atoms with van der Waals surface area (Å²) in [5.41, 5.74) is 27.8. The van der Waals surface area contributed by atoms with E-state index in [1.807, 2.05) is 0 Å². The van der Waals surface area contributed by atoms with E-state index >= 15 is 0 Å². The molecule has 0 amide bonds. The van der Waals surface area contributed by atoms with Gasteiger partial charge in [0, 0.05) is 43.7 Å². The molecule has 74 heavy (non-hydrogen) atoms. The molecule has 0 atom stereocenters. The summed E-state index contributed by atoms with van der Waals surface area (Å²) in [4.78, 5) is 0. The van der Waals surface area contributed by atoms with Gasteiger partial charge in [-0.25, -0.2) is 0 Å². The zero-order valence-corrected chi connectivity index (χ0v) is 42.8. The van der Waals surface area contributed by atoms with Gasteiger partial charge < -0.3 is 9.13 Å². The van der Waals surface area contributed by atoms with Gasteiger partial charge in [0.2, 0.25) is 0 Å². The van der Waals surface area contributed by atoms with Crippen LogP contribution in [-0.4, -0.2) is 9.13 Å². The minimum absolute atomic E-state index is 0.149. The maximum Gasteiger partial charge on any atom is 0.0541 e. The molecule has 0 spiro atoms. The summed E-state index contributed by atoms with van der Waals surface area (Å²) in [5.74, 6) is 0. The van der Waals surface area contributed by atoms with Crippen LogP contribution in [0.15, 0.2) is 206 Å². The summed E-state index contributed by atoms with van der Waals surface area (Å²) in [7, 11) is 0. The molecule has 2 heteroatoms. The minimum Gasteiger partial charge on any atom is -0.309 e. The molecule has 0 saturated carbocycles. The summed E-state index contributed by atoms with van der Waals surface area (Å²) in [6.45, 7) is 13.9. The highest BCUT2D eigenvalue weighted by Crippen LogP contribution is 2.53. The van der Waals surface area contributed by atoms with E-state index < -0.39 is 0 Å². The number of rotatable bonds is 7. The first-order valence-corrected chi connectivity index (χ1v) is 26.1. The van der Waals surface area contributed by atoms with Crippen LogP contribution in [0.4, 0.5) is 0 Å². The molecule has 10 aromatic carbocycles. The molecule has 14 rings (SSSR count). The van der Waals surface area contributed by atoms with Crippen LogP contribution >= 0.6 is 0 Å². The number of hydrogen-bond acceptors (Lipinski definition) is 0. The van der Waals surface area contributed by atoms with E-state index in [9.17, 15) is 0 Å². The van der Waals surface area contributed by atoms with E-state index in [0.29, 0.717) is 0 Å². The van der Waals surface area contributed by atoms with E-state index in [1.54, 1.807) is 0 Å². The molecule has 0 fully saturated rings. The lowest BCUT2D eigenvalue weighted by Crippen LogP contribution is -2.15. The van der Waals surface area contributed by atoms with Crippen LogP contribution in [-0.2, 0) is 10.8 Å². The van der Waals surface area contributed by atoms with Gasteiger partial charge in [0.05, 0.1) is 22.1 Å². The predicted molar refractivity (Wildman–Crippen MR) is 316 cm³/mol. The smallest absolute Gasteiger partial charge is 0.0541 e. The molecule has 0 bridgehead atoms. The normalized spacial score (nSPS) is 14.2. The van der Waals surface area contributed by atoms with Crippen molar-refractivity contribution in [3.05, 3.63) is 262 Å². The number of benzene rings is 10.